The Morgan fingerprint density at radius 3 is 2.62 bits per heavy atom. The molecular weight excluding hydrogens is 441 g/mol. The summed E-state index contributed by atoms with van der Waals surface area (Å²) in [6.45, 7) is 3.06. The van der Waals surface area contributed by atoms with E-state index in [1.165, 1.54) is 0 Å². The van der Waals surface area contributed by atoms with Crippen LogP contribution in [0.5, 0.6) is 11.5 Å². The van der Waals surface area contributed by atoms with E-state index in [0.717, 1.165) is 24.4 Å². The molecule has 0 amide bonds. The number of guanidine groups is 1. The van der Waals surface area contributed by atoms with E-state index < -0.39 is 0 Å². The molecule has 0 radical (unpaired) electrons. The number of hydrogen-bond donors (Lipinski definition) is 2. The molecule has 1 aliphatic carbocycles. The van der Waals surface area contributed by atoms with Gasteiger partial charge in [-0.05, 0) is 37.5 Å². The molecule has 1 aromatic carbocycles. The zero-order valence-corrected chi connectivity index (χ0v) is 17.4. The van der Waals surface area contributed by atoms with Crippen molar-refractivity contribution in [2.45, 2.75) is 32.4 Å². The second-order valence-electron chi connectivity index (χ2n) is 5.25. The molecule has 7 heteroatoms. The summed E-state index contributed by atoms with van der Waals surface area (Å²) in [5.41, 5.74) is 1.00. The number of rotatable bonds is 6. The van der Waals surface area contributed by atoms with Gasteiger partial charge in [0, 0.05) is 19.6 Å². The summed E-state index contributed by atoms with van der Waals surface area (Å²) in [4.78, 5) is 4.26. The molecule has 5 nitrogen and oxygen atoms in total. The lowest BCUT2D eigenvalue weighted by Gasteiger charge is -2.18. The minimum absolute atomic E-state index is 0. The standard InChI is InChI=1S/C17H24ClN3O2.HI/c1-4-23-16-14(18)9-12(10-15(16)22-3)11-20-17(19-2)21-13-7-5-6-8-13;/h5-6,9-10,13H,4,7-8,11H2,1-3H3,(H2,19,20,21);1H. The molecule has 0 saturated heterocycles. The molecule has 0 spiro atoms. The number of methoxy groups -OCH3 is 1. The van der Waals surface area contributed by atoms with E-state index >= 15 is 0 Å². The van der Waals surface area contributed by atoms with Crippen LogP contribution in [-0.4, -0.2) is 32.8 Å². The zero-order valence-electron chi connectivity index (χ0n) is 14.3. The van der Waals surface area contributed by atoms with Crippen LogP contribution in [0.4, 0.5) is 0 Å². The molecule has 1 aromatic rings. The smallest absolute Gasteiger partial charge is 0.191 e. The molecule has 0 aliphatic heterocycles. The highest BCUT2D eigenvalue weighted by atomic mass is 127. The molecular formula is C17H25ClIN3O2. The maximum atomic E-state index is 6.29. The highest BCUT2D eigenvalue weighted by molar-refractivity contribution is 14.0. The molecule has 134 valence electrons. The first-order chi connectivity index (χ1) is 11.2. The molecule has 0 atom stereocenters. The fraction of sp³-hybridized carbons (Fsp3) is 0.471. The van der Waals surface area contributed by atoms with Crippen LogP contribution in [0.25, 0.3) is 0 Å². The van der Waals surface area contributed by atoms with Crippen molar-refractivity contribution in [1.29, 1.82) is 0 Å². The SMILES string of the molecule is CCOc1c(Cl)cc(CNC(=NC)NC2CC=CC2)cc1OC.I. The van der Waals surface area contributed by atoms with Crippen LogP contribution in [0.1, 0.15) is 25.3 Å². The van der Waals surface area contributed by atoms with Crippen LogP contribution in [0.2, 0.25) is 5.02 Å². The first kappa shape index (κ1) is 20.9. The Hall–Kier alpha value is -1.15. The Balaban J connectivity index is 0.00000288. The molecule has 24 heavy (non-hydrogen) atoms. The number of halogens is 2. The number of nitrogens with one attached hydrogen (secondary N) is 2. The van der Waals surface area contributed by atoms with Crippen molar-refractivity contribution in [1.82, 2.24) is 10.6 Å². The predicted octanol–water partition coefficient (Wildman–Crippen LogP) is 3.75. The monoisotopic (exact) mass is 465 g/mol. The lowest BCUT2D eigenvalue weighted by molar-refractivity contribution is 0.311. The first-order valence-electron chi connectivity index (χ1n) is 7.79. The van der Waals surface area contributed by atoms with Gasteiger partial charge in [0.05, 0.1) is 18.7 Å². The maximum absolute atomic E-state index is 6.29. The van der Waals surface area contributed by atoms with Gasteiger partial charge >= 0.3 is 0 Å². The van der Waals surface area contributed by atoms with Gasteiger partial charge in [-0.3, -0.25) is 4.99 Å². The molecule has 0 unspecified atom stereocenters. The van der Waals surface area contributed by atoms with Crippen LogP contribution < -0.4 is 20.1 Å². The van der Waals surface area contributed by atoms with Crippen LogP contribution in [0, 0.1) is 0 Å². The predicted molar refractivity (Wildman–Crippen MR) is 110 cm³/mol. The largest absolute Gasteiger partial charge is 0.493 e. The average molecular weight is 466 g/mol. The summed E-state index contributed by atoms with van der Waals surface area (Å²) in [6.07, 6.45) is 6.43. The van der Waals surface area contributed by atoms with Gasteiger partial charge in [-0.25, -0.2) is 0 Å². The van der Waals surface area contributed by atoms with E-state index in [1.807, 2.05) is 19.1 Å². The molecule has 2 N–H and O–H groups in total. The average Bonchev–Trinajstić information content (AvgIpc) is 3.06. The Kier molecular flexibility index (Phi) is 9.28. The van der Waals surface area contributed by atoms with Crippen molar-refractivity contribution < 1.29 is 9.47 Å². The summed E-state index contributed by atoms with van der Waals surface area (Å²) >= 11 is 6.29. The highest BCUT2D eigenvalue weighted by Gasteiger charge is 2.14. The summed E-state index contributed by atoms with van der Waals surface area (Å²) in [5.74, 6) is 2.00. The second kappa shape index (κ2) is 10.7. The number of aliphatic imine (C=N–C) groups is 1. The van der Waals surface area contributed by atoms with Crippen molar-refractivity contribution in [3.05, 3.63) is 34.9 Å². The fourth-order valence-electron chi connectivity index (χ4n) is 2.47. The third kappa shape index (κ3) is 5.73. The fourth-order valence-corrected chi connectivity index (χ4v) is 2.76. The van der Waals surface area contributed by atoms with Crippen molar-refractivity contribution >= 4 is 41.5 Å². The highest BCUT2D eigenvalue weighted by Crippen LogP contribution is 2.36. The molecule has 0 heterocycles. The van der Waals surface area contributed by atoms with Crippen LogP contribution in [0.15, 0.2) is 29.3 Å². The minimum Gasteiger partial charge on any atom is -0.493 e. The first-order valence-corrected chi connectivity index (χ1v) is 8.17. The molecule has 0 bridgehead atoms. The number of nitrogens with zero attached hydrogens (tertiary/aromatic N) is 1. The quantitative estimate of drug-likeness (QED) is 0.291. The molecule has 0 fully saturated rings. The van der Waals surface area contributed by atoms with Crippen LogP contribution in [-0.2, 0) is 6.54 Å². The lowest BCUT2D eigenvalue weighted by atomic mass is 10.2. The molecule has 0 saturated carbocycles. The molecule has 1 aliphatic rings. The second-order valence-corrected chi connectivity index (χ2v) is 5.66. The van der Waals surface area contributed by atoms with Gasteiger partial charge in [-0.1, -0.05) is 23.8 Å². The van der Waals surface area contributed by atoms with Gasteiger partial charge in [0.1, 0.15) is 0 Å². The van der Waals surface area contributed by atoms with Gasteiger partial charge in [-0.2, -0.15) is 0 Å². The Morgan fingerprint density at radius 2 is 2.04 bits per heavy atom. The van der Waals surface area contributed by atoms with E-state index in [1.54, 1.807) is 14.2 Å². The van der Waals surface area contributed by atoms with Crippen molar-refractivity contribution in [3.63, 3.8) is 0 Å². The van der Waals surface area contributed by atoms with Crippen molar-refractivity contribution in [2.75, 3.05) is 20.8 Å². The van der Waals surface area contributed by atoms with Gasteiger partial charge < -0.3 is 20.1 Å². The zero-order chi connectivity index (χ0) is 16.7. The maximum Gasteiger partial charge on any atom is 0.191 e. The van der Waals surface area contributed by atoms with Crippen LogP contribution >= 0.6 is 35.6 Å². The Labute approximate surface area is 165 Å². The number of ether oxygens (including phenoxy) is 2. The topological polar surface area (TPSA) is 54.9 Å². The van der Waals surface area contributed by atoms with Gasteiger partial charge in [0.2, 0.25) is 0 Å². The number of benzene rings is 1. The van der Waals surface area contributed by atoms with Gasteiger partial charge in [0.15, 0.2) is 17.5 Å². The van der Waals surface area contributed by atoms with E-state index in [0.29, 0.717) is 35.7 Å². The summed E-state index contributed by atoms with van der Waals surface area (Å²) < 4.78 is 10.9. The van der Waals surface area contributed by atoms with Crippen molar-refractivity contribution in [2.24, 2.45) is 4.99 Å². The van der Waals surface area contributed by atoms with Crippen molar-refractivity contribution in [3.8, 4) is 11.5 Å². The third-order valence-electron chi connectivity index (χ3n) is 3.61. The normalized spacial score (nSPS) is 14.2. The Morgan fingerprint density at radius 1 is 1.33 bits per heavy atom. The third-order valence-corrected chi connectivity index (χ3v) is 3.89. The van der Waals surface area contributed by atoms with Gasteiger partial charge in [-0.15, -0.1) is 24.0 Å². The van der Waals surface area contributed by atoms with E-state index in [-0.39, 0.29) is 24.0 Å². The lowest BCUT2D eigenvalue weighted by Crippen LogP contribution is -2.42. The van der Waals surface area contributed by atoms with E-state index in [9.17, 15) is 0 Å². The Bertz CT molecular complexity index is 585. The molecule has 0 aromatic heterocycles. The van der Waals surface area contributed by atoms with E-state index in [4.69, 9.17) is 21.1 Å². The minimum atomic E-state index is 0. The summed E-state index contributed by atoms with van der Waals surface area (Å²) in [7, 11) is 3.38. The van der Waals surface area contributed by atoms with Crippen LogP contribution in [0.3, 0.4) is 0 Å². The number of hydrogen-bond acceptors (Lipinski definition) is 3. The van der Waals surface area contributed by atoms with E-state index in [2.05, 4.69) is 27.8 Å². The summed E-state index contributed by atoms with van der Waals surface area (Å²) in [5, 5.41) is 7.24. The van der Waals surface area contributed by atoms with Gasteiger partial charge in [0.25, 0.3) is 0 Å². The molecule has 2 rings (SSSR count). The summed E-state index contributed by atoms with van der Waals surface area (Å²) in [6, 6.07) is 4.22.